The van der Waals surface area contributed by atoms with E-state index in [0.717, 1.165) is 38.0 Å². The van der Waals surface area contributed by atoms with Crippen LogP contribution in [0.15, 0.2) is 91.0 Å². The van der Waals surface area contributed by atoms with Gasteiger partial charge in [0.25, 0.3) is 5.91 Å². The fourth-order valence-corrected chi connectivity index (χ4v) is 4.40. The number of hydrogen-bond donors (Lipinski definition) is 3. The summed E-state index contributed by atoms with van der Waals surface area (Å²) < 4.78 is 0. The molecule has 6 heteroatoms. The van der Waals surface area contributed by atoms with Crippen molar-refractivity contribution in [3.63, 3.8) is 0 Å². The lowest BCUT2D eigenvalue weighted by molar-refractivity contribution is -0.118. The molecule has 4 rings (SSSR count). The van der Waals surface area contributed by atoms with Gasteiger partial charge in [0.05, 0.1) is 0 Å². The average molecular weight is 457 g/mol. The third-order valence-corrected chi connectivity index (χ3v) is 6.12. The Morgan fingerprint density at radius 2 is 1.53 bits per heavy atom. The number of hydrogen-bond acceptors (Lipinski definition) is 3. The van der Waals surface area contributed by atoms with Gasteiger partial charge in [-0.15, -0.1) is 0 Å². The molecule has 0 bridgehead atoms. The summed E-state index contributed by atoms with van der Waals surface area (Å²) in [4.78, 5) is 28.2. The monoisotopic (exact) mass is 456 g/mol. The summed E-state index contributed by atoms with van der Waals surface area (Å²) in [5, 5.41) is 8.76. The SMILES string of the molecule is O=C(NCC1CCCN(Cc2ccccc2)C1)NC(C(=O)Nc1ccccc1)c1ccccc1. The van der Waals surface area contributed by atoms with Crippen LogP contribution in [0.3, 0.4) is 0 Å². The van der Waals surface area contributed by atoms with Crippen LogP contribution in [-0.2, 0) is 11.3 Å². The first kappa shape index (κ1) is 23.5. The lowest BCUT2D eigenvalue weighted by atomic mass is 9.97. The van der Waals surface area contributed by atoms with Crippen LogP contribution < -0.4 is 16.0 Å². The molecule has 0 spiro atoms. The van der Waals surface area contributed by atoms with E-state index < -0.39 is 6.04 Å². The predicted octanol–water partition coefficient (Wildman–Crippen LogP) is 4.58. The van der Waals surface area contributed by atoms with Gasteiger partial charge in [-0.05, 0) is 48.6 Å². The second-order valence-electron chi connectivity index (χ2n) is 8.78. The van der Waals surface area contributed by atoms with E-state index in [0.29, 0.717) is 18.2 Å². The molecule has 0 aliphatic carbocycles. The highest BCUT2D eigenvalue weighted by molar-refractivity contribution is 5.97. The zero-order valence-corrected chi connectivity index (χ0v) is 19.3. The maximum absolute atomic E-state index is 13.0. The van der Waals surface area contributed by atoms with E-state index in [4.69, 9.17) is 0 Å². The van der Waals surface area contributed by atoms with Crippen LogP contribution >= 0.6 is 0 Å². The Bertz CT molecular complexity index is 1040. The molecule has 1 aliphatic heterocycles. The van der Waals surface area contributed by atoms with Crippen molar-refractivity contribution in [1.29, 1.82) is 0 Å². The first-order chi connectivity index (χ1) is 16.7. The fourth-order valence-electron chi connectivity index (χ4n) is 4.40. The van der Waals surface area contributed by atoms with Crippen LogP contribution in [0.2, 0.25) is 0 Å². The van der Waals surface area contributed by atoms with Gasteiger partial charge in [0, 0.05) is 25.3 Å². The van der Waals surface area contributed by atoms with Crippen molar-refractivity contribution in [1.82, 2.24) is 15.5 Å². The molecule has 0 radical (unpaired) electrons. The summed E-state index contributed by atoms with van der Waals surface area (Å²) in [6.07, 6.45) is 2.20. The summed E-state index contributed by atoms with van der Waals surface area (Å²) in [6.45, 7) is 3.54. The average Bonchev–Trinajstić information content (AvgIpc) is 2.88. The topological polar surface area (TPSA) is 73.5 Å². The second-order valence-corrected chi connectivity index (χ2v) is 8.78. The van der Waals surface area contributed by atoms with Crippen LogP contribution in [0.5, 0.6) is 0 Å². The molecule has 0 aromatic heterocycles. The van der Waals surface area contributed by atoms with Crippen molar-refractivity contribution in [3.05, 3.63) is 102 Å². The molecule has 1 aliphatic rings. The number of urea groups is 1. The fraction of sp³-hybridized carbons (Fsp3) is 0.286. The number of benzene rings is 3. The Morgan fingerprint density at radius 1 is 0.882 bits per heavy atom. The number of carbonyl (C=O) groups excluding carboxylic acids is 2. The van der Waals surface area contributed by atoms with Crippen LogP contribution in [0, 0.1) is 5.92 Å². The van der Waals surface area contributed by atoms with Gasteiger partial charge in [-0.2, -0.15) is 0 Å². The van der Waals surface area contributed by atoms with E-state index >= 15 is 0 Å². The quantitative estimate of drug-likeness (QED) is 0.465. The highest BCUT2D eigenvalue weighted by Crippen LogP contribution is 2.19. The molecule has 2 atom stereocenters. The lowest BCUT2D eigenvalue weighted by Gasteiger charge is -2.33. The Hall–Kier alpha value is -3.64. The molecule has 0 saturated carbocycles. The van der Waals surface area contributed by atoms with Gasteiger partial charge in [-0.25, -0.2) is 4.79 Å². The first-order valence-electron chi connectivity index (χ1n) is 11.9. The molecular weight excluding hydrogens is 424 g/mol. The molecule has 1 saturated heterocycles. The predicted molar refractivity (Wildman–Crippen MR) is 135 cm³/mol. The Labute approximate surface area is 201 Å². The Morgan fingerprint density at radius 3 is 2.24 bits per heavy atom. The highest BCUT2D eigenvalue weighted by Gasteiger charge is 2.24. The van der Waals surface area contributed by atoms with E-state index in [9.17, 15) is 9.59 Å². The molecule has 6 nitrogen and oxygen atoms in total. The number of amides is 3. The Balaban J connectivity index is 1.32. The number of rotatable bonds is 8. The van der Waals surface area contributed by atoms with Crippen molar-refractivity contribution >= 4 is 17.6 Å². The van der Waals surface area contributed by atoms with E-state index in [-0.39, 0.29) is 11.9 Å². The van der Waals surface area contributed by atoms with E-state index in [2.05, 4.69) is 45.1 Å². The van der Waals surface area contributed by atoms with Gasteiger partial charge in [-0.1, -0.05) is 78.9 Å². The minimum Gasteiger partial charge on any atom is -0.338 e. The first-order valence-corrected chi connectivity index (χ1v) is 11.9. The summed E-state index contributed by atoms with van der Waals surface area (Å²) in [6, 6.07) is 27.9. The van der Waals surface area contributed by atoms with Crippen LogP contribution in [0.4, 0.5) is 10.5 Å². The molecule has 1 heterocycles. The number of piperidine rings is 1. The molecule has 1 fully saturated rings. The van der Waals surface area contributed by atoms with Gasteiger partial charge < -0.3 is 16.0 Å². The van der Waals surface area contributed by atoms with Crippen molar-refractivity contribution in [2.75, 3.05) is 25.0 Å². The third-order valence-electron chi connectivity index (χ3n) is 6.12. The van der Waals surface area contributed by atoms with E-state index in [1.54, 1.807) is 0 Å². The minimum atomic E-state index is -0.789. The number of carbonyl (C=O) groups is 2. The van der Waals surface area contributed by atoms with Crippen molar-refractivity contribution in [2.45, 2.75) is 25.4 Å². The lowest BCUT2D eigenvalue weighted by Crippen LogP contribution is -2.46. The number of anilines is 1. The smallest absolute Gasteiger partial charge is 0.315 e. The van der Waals surface area contributed by atoms with Crippen LogP contribution in [0.25, 0.3) is 0 Å². The summed E-state index contributed by atoms with van der Waals surface area (Å²) >= 11 is 0. The van der Waals surface area contributed by atoms with Crippen LogP contribution in [-0.4, -0.2) is 36.5 Å². The number of likely N-dealkylation sites (tertiary alicyclic amines) is 1. The zero-order chi connectivity index (χ0) is 23.6. The molecular formula is C28H32N4O2. The number of nitrogens with zero attached hydrogens (tertiary/aromatic N) is 1. The summed E-state index contributed by atoms with van der Waals surface area (Å²) in [5.41, 5.74) is 2.73. The van der Waals surface area contributed by atoms with Crippen molar-refractivity contribution in [3.8, 4) is 0 Å². The van der Waals surface area contributed by atoms with Gasteiger partial charge in [-0.3, -0.25) is 9.69 Å². The van der Waals surface area contributed by atoms with E-state index in [1.165, 1.54) is 5.56 Å². The van der Waals surface area contributed by atoms with Crippen molar-refractivity contribution in [2.24, 2.45) is 5.92 Å². The minimum absolute atomic E-state index is 0.278. The largest absolute Gasteiger partial charge is 0.338 e. The van der Waals surface area contributed by atoms with Gasteiger partial charge in [0.2, 0.25) is 0 Å². The maximum atomic E-state index is 13.0. The maximum Gasteiger partial charge on any atom is 0.315 e. The number of nitrogens with one attached hydrogen (secondary N) is 3. The molecule has 3 aromatic carbocycles. The second kappa shape index (κ2) is 12.0. The Kier molecular flexibility index (Phi) is 8.30. The van der Waals surface area contributed by atoms with Gasteiger partial charge >= 0.3 is 6.03 Å². The van der Waals surface area contributed by atoms with Crippen molar-refractivity contribution < 1.29 is 9.59 Å². The number of para-hydroxylation sites is 1. The molecule has 3 aromatic rings. The molecule has 176 valence electrons. The zero-order valence-electron chi connectivity index (χ0n) is 19.3. The standard InChI is InChI=1S/C28H32N4O2/c33-27(30-25-16-8-3-9-17-25)26(24-14-6-2-7-15-24)31-28(34)29-19-23-13-10-18-32(21-23)20-22-11-4-1-5-12-22/h1-9,11-12,14-17,23,26H,10,13,18-21H2,(H,30,33)(H2,29,31,34). The molecule has 3 N–H and O–H groups in total. The van der Waals surface area contributed by atoms with Gasteiger partial charge in [0.1, 0.15) is 6.04 Å². The third kappa shape index (κ3) is 6.93. The summed E-state index contributed by atoms with van der Waals surface area (Å²) in [5.74, 6) is 0.107. The molecule has 34 heavy (non-hydrogen) atoms. The summed E-state index contributed by atoms with van der Waals surface area (Å²) in [7, 11) is 0. The normalized spacial score (nSPS) is 16.9. The molecule has 3 amide bonds. The highest BCUT2D eigenvalue weighted by atomic mass is 16.2. The van der Waals surface area contributed by atoms with Gasteiger partial charge in [0.15, 0.2) is 0 Å². The van der Waals surface area contributed by atoms with E-state index in [1.807, 2.05) is 66.7 Å². The molecule has 2 unspecified atom stereocenters. The van der Waals surface area contributed by atoms with Crippen LogP contribution in [0.1, 0.15) is 30.0 Å².